The summed E-state index contributed by atoms with van der Waals surface area (Å²) in [5, 5.41) is 10.2. The van der Waals surface area contributed by atoms with E-state index >= 15 is 0 Å². The summed E-state index contributed by atoms with van der Waals surface area (Å²) in [4.78, 5) is 11.7. The van der Waals surface area contributed by atoms with Crippen LogP contribution in [0.1, 0.15) is 40.0 Å². The van der Waals surface area contributed by atoms with Crippen molar-refractivity contribution in [3.8, 4) is 0 Å². The van der Waals surface area contributed by atoms with Gasteiger partial charge in [-0.2, -0.15) is 0 Å². The van der Waals surface area contributed by atoms with Gasteiger partial charge in [-0.25, -0.2) is 9.78 Å². The first-order valence-electron chi connectivity index (χ1n) is 7.78. The number of aliphatic hydroxyl groups is 1. The van der Waals surface area contributed by atoms with Crippen LogP contribution >= 0.6 is 0 Å². The molecule has 4 heterocycles. The zero-order chi connectivity index (χ0) is 14.1. The number of hydrogen-bond acceptors (Lipinski definition) is 5. The van der Waals surface area contributed by atoms with Gasteiger partial charge in [0.25, 0.3) is 0 Å². The topological polar surface area (TPSA) is 57.2 Å². The highest BCUT2D eigenvalue weighted by Gasteiger charge is 2.69. The van der Waals surface area contributed by atoms with E-state index in [1.807, 2.05) is 13.8 Å². The minimum Gasteiger partial charge on any atom is -0.368 e. The Kier molecular flexibility index (Phi) is 2.81. The molecule has 5 heteroatoms. The Morgan fingerprint density at radius 1 is 1.10 bits per heavy atom. The molecule has 1 N–H and O–H groups in total. The van der Waals surface area contributed by atoms with E-state index in [0.29, 0.717) is 18.4 Å². The molecule has 114 valence electrons. The summed E-state index contributed by atoms with van der Waals surface area (Å²) in [5.74, 6) is 1.18. The molecule has 0 aromatic carbocycles. The molecule has 20 heavy (non-hydrogen) atoms. The zero-order valence-corrected chi connectivity index (χ0v) is 12.4. The highest BCUT2D eigenvalue weighted by Crippen LogP contribution is 2.59. The Balaban J connectivity index is 1.82. The Bertz CT molecular complexity index is 415. The molecule has 1 aliphatic carbocycles. The third-order valence-corrected chi connectivity index (χ3v) is 6.07. The Labute approximate surface area is 119 Å². The van der Waals surface area contributed by atoms with E-state index in [1.54, 1.807) is 0 Å². The third kappa shape index (κ3) is 1.56. The average molecular weight is 284 g/mol. The summed E-state index contributed by atoms with van der Waals surface area (Å²) in [6.45, 7) is 6.81. The molecule has 0 aromatic heterocycles. The first kappa shape index (κ1) is 13.5. The summed E-state index contributed by atoms with van der Waals surface area (Å²) < 4.78 is 11.7. The molecule has 5 nitrogen and oxygen atoms in total. The van der Waals surface area contributed by atoms with Crippen LogP contribution in [-0.4, -0.2) is 35.5 Å². The highest BCUT2D eigenvalue weighted by atomic mass is 17.2. The predicted octanol–water partition coefficient (Wildman–Crippen LogP) is 1.84. The summed E-state index contributed by atoms with van der Waals surface area (Å²) >= 11 is 0. The van der Waals surface area contributed by atoms with E-state index in [9.17, 15) is 5.11 Å². The van der Waals surface area contributed by atoms with Gasteiger partial charge < -0.3 is 14.6 Å². The molecular formula is C15H24O5. The summed E-state index contributed by atoms with van der Waals surface area (Å²) in [5.41, 5.74) is -0.951. The molecule has 5 aliphatic rings. The summed E-state index contributed by atoms with van der Waals surface area (Å²) in [7, 11) is 0. The fourth-order valence-corrected chi connectivity index (χ4v) is 4.87. The minimum absolute atomic E-state index is 0.0379. The molecule has 1 unspecified atom stereocenters. The van der Waals surface area contributed by atoms with Gasteiger partial charge in [0.05, 0.1) is 6.61 Å². The Morgan fingerprint density at radius 2 is 1.90 bits per heavy atom. The molecule has 5 rings (SSSR count). The SMILES string of the molecule is C[C@@H]1CC[C@@H]2[C@H](C)C(O)O[C@@H]3OC[C@]4(C)C[C@H]1[C@]32OO4. The smallest absolute Gasteiger partial charge is 0.193 e. The fraction of sp³-hybridized carbons (Fsp3) is 1.00. The van der Waals surface area contributed by atoms with Crippen LogP contribution in [0.3, 0.4) is 0 Å². The summed E-state index contributed by atoms with van der Waals surface area (Å²) in [6.07, 6.45) is 1.83. The van der Waals surface area contributed by atoms with Crippen molar-refractivity contribution in [2.24, 2.45) is 23.7 Å². The normalized spacial score (nSPS) is 61.8. The third-order valence-electron chi connectivity index (χ3n) is 6.07. The lowest BCUT2D eigenvalue weighted by Gasteiger charge is -2.59. The van der Waals surface area contributed by atoms with Crippen LogP contribution < -0.4 is 0 Å². The maximum atomic E-state index is 10.2. The molecule has 5 fully saturated rings. The summed E-state index contributed by atoms with van der Waals surface area (Å²) in [6, 6.07) is 0. The molecule has 0 radical (unpaired) electrons. The number of aliphatic hydroxyl groups excluding tert-OH is 1. The monoisotopic (exact) mass is 284 g/mol. The quantitative estimate of drug-likeness (QED) is 0.688. The molecular weight excluding hydrogens is 260 g/mol. The van der Waals surface area contributed by atoms with Crippen molar-refractivity contribution in [1.82, 2.24) is 0 Å². The van der Waals surface area contributed by atoms with Crippen molar-refractivity contribution in [2.45, 2.75) is 63.8 Å². The van der Waals surface area contributed by atoms with Crippen molar-refractivity contribution in [2.75, 3.05) is 6.61 Å². The number of fused-ring (bicyclic) bond motifs is 2. The van der Waals surface area contributed by atoms with Crippen LogP contribution in [0.25, 0.3) is 0 Å². The average Bonchev–Trinajstić information content (AvgIpc) is 2.63. The van der Waals surface area contributed by atoms with Gasteiger partial charge in [-0.3, -0.25) is 0 Å². The molecule has 4 saturated heterocycles. The van der Waals surface area contributed by atoms with E-state index in [4.69, 9.17) is 19.2 Å². The van der Waals surface area contributed by atoms with Crippen LogP contribution in [0.4, 0.5) is 0 Å². The van der Waals surface area contributed by atoms with Gasteiger partial charge in [-0.1, -0.05) is 13.8 Å². The van der Waals surface area contributed by atoms with Crippen molar-refractivity contribution in [3.05, 3.63) is 0 Å². The molecule has 4 aliphatic heterocycles. The van der Waals surface area contributed by atoms with Gasteiger partial charge in [-0.15, -0.1) is 0 Å². The Hall–Kier alpha value is -0.200. The van der Waals surface area contributed by atoms with Crippen molar-refractivity contribution in [3.63, 3.8) is 0 Å². The number of ether oxygens (including phenoxy) is 2. The van der Waals surface area contributed by atoms with Crippen LogP contribution in [0.5, 0.6) is 0 Å². The first-order valence-corrected chi connectivity index (χ1v) is 7.78. The van der Waals surface area contributed by atoms with E-state index in [-0.39, 0.29) is 11.8 Å². The van der Waals surface area contributed by atoms with Gasteiger partial charge in [-0.05, 0) is 32.1 Å². The fourth-order valence-electron chi connectivity index (χ4n) is 4.87. The van der Waals surface area contributed by atoms with E-state index in [1.165, 1.54) is 6.42 Å². The number of rotatable bonds is 0. The highest BCUT2D eigenvalue weighted by molar-refractivity contribution is 5.10. The minimum atomic E-state index is -0.779. The van der Waals surface area contributed by atoms with E-state index < -0.39 is 23.8 Å². The Morgan fingerprint density at radius 3 is 2.70 bits per heavy atom. The molecule has 8 atom stereocenters. The van der Waals surface area contributed by atoms with Gasteiger partial charge in [0.2, 0.25) is 0 Å². The zero-order valence-electron chi connectivity index (χ0n) is 12.4. The molecule has 0 amide bonds. The van der Waals surface area contributed by atoms with Crippen LogP contribution in [-0.2, 0) is 19.2 Å². The lowest BCUT2D eigenvalue weighted by Crippen LogP contribution is -2.69. The van der Waals surface area contributed by atoms with Gasteiger partial charge in [0, 0.05) is 17.8 Å². The van der Waals surface area contributed by atoms with E-state index in [2.05, 4.69) is 6.92 Å². The van der Waals surface area contributed by atoms with Gasteiger partial charge >= 0.3 is 0 Å². The molecule has 2 bridgehead atoms. The van der Waals surface area contributed by atoms with Crippen LogP contribution in [0.2, 0.25) is 0 Å². The molecule has 1 spiro atoms. The van der Waals surface area contributed by atoms with E-state index in [0.717, 1.165) is 12.8 Å². The van der Waals surface area contributed by atoms with Gasteiger partial charge in [0.15, 0.2) is 18.2 Å². The van der Waals surface area contributed by atoms with Crippen LogP contribution in [0, 0.1) is 23.7 Å². The van der Waals surface area contributed by atoms with Crippen molar-refractivity contribution < 1.29 is 24.4 Å². The second-order valence-electron chi connectivity index (χ2n) is 7.47. The number of hydrogen-bond donors (Lipinski definition) is 1. The van der Waals surface area contributed by atoms with Gasteiger partial charge in [0.1, 0.15) is 5.60 Å². The lowest BCUT2D eigenvalue weighted by molar-refractivity contribution is -0.494. The largest absolute Gasteiger partial charge is 0.368 e. The van der Waals surface area contributed by atoms with Crippen molar-refractivity contribution in [1.29, 1.82) is 0 Å². The predicted molar refractivity (Wildman–Crippen MR) is 69.3 cm³/mol. The maximum absolute atomic E-state index is 10.2. The molecule has 1 saturated carbocycles. The first-order chi connectivity index (χ1) is 9.46. The molecule has 0 aromatic rings. The standard InChI is InChI=1S/C15H24O5/c1-8-4-5-10-9(2)12(16)18-13-15(10)11(8)6-14(3,7-17-13)19-20-15/h8-13,16H,4-7H2,1-3H3/t8-,9+,10-,11-,12?,13+,14+,15+/m1/s1. The maximum Gasteiger partial charge on any atom is 0.193 e. The lowest BCUT2D eigenvalue weighted by atomic mass is 9.57. The van der Waals surface area contributed by atoms with Crippen molar-refractivity contribution >= 4 is 0 Å². The second-order valence-corrected chi connectivity index (χ2v) is 7.47. The van der Waals surface area contributed by atoms with Crippen LogP contribution in [0.15, 0.2) is 0 Å². The second kappa shape index (κ2) is 4.17.